The van der Waals surface area contributed by atoms with E-state index in [0.717, 1.165) is 5.75 Å². The molecule has 0 aliphatic rings. The predicted octanol–water partition coefficient (Wildman–Crippen LogP) is 5.19. The van der Waals surface area contributed by atoms with Gasteiger partial charge in [-0.15, -0.1) is 11.8 Å². The van der Waals surface area contributed by atoms with E-state index in [-0.39, 0.29) is 11.8 Å². The lowest BCUT2D eigenvalue weighted by Crippen LogP contribution is -2.30. The zero-order valence-electron chi connectivity index (χ0n) is 16.9. The summed E-state index contributed by atoms with van der Waals surface area (Å²) in [5, 5.41) is 5.35. The molecule has 29 heavy (non-hydrogen) atoms. The van der Waals surface area contributed by atoms with Gasteiger partial charge in [0.2, 0.25) is 5.91 Å². The fourth-order valence-corrected chi connectivity index (χ4v) is 4.09. The summed E-state index contributed by atoms with van der Waals surface area (Å²) in [5.74, 6) is 1.13. The molecule has 0 bridgehead atoms. The molecule has 150 valence electrons. The van der Waals surface area contributed by atoms with E-state index in [9.17, 15) is 9.59 Å². The molecular formula is C24H26N2O2S. The lowest BCUT2D eigenvalue weighted by Gasteiger charge is -2.18. The van der Waals surface area contributed by atoms with Crippen LogP contribution in [0.15, 0.2) is 66.7 Å². The molecule has 0 atom stereocenters. The predicted molar refractivity (Wildman–Crippen MR) is 122 cm³/mol. The Bertz CT molecular complexity index is 976. The van der Waals surface area contributed by atoms with E-state index in [1.165, 1.54) is 16.3 Å². The molecule has 1 N–H and O–H groups in total. The van der Waals surface area contributed by atoms with Gasteiger partial charge >= 0.3 is 0 Å². The first-order valence-electron chi connectivity index (χ1n) is 9.86. The molecule has 0 saturated heterocycles. The van der Waals surface area contributed by atoms with Gasteiger partial charge in [-0.05, 0) is 54.4 Å². The Morgan fingerprint density at radius 3 is 2.31 bits per heavy atom. The van der Waals surface area contributed by atoms with Crippen LogP contribution >= 0.6 is 11.8 Å². The van der Waals surface area contributed by atoms with Crippen LogP contribution in [0.1, 0.15) is 29.8 Å². The number of amides is 2. The van der Waals surface area contributed by atoms with Crippen LogP contribution in [0.5, 0.6) is 0 Å². The van der Waals surface area contributed by atoms with E-state index in [0.29, 0.717) is 30.1 Å². The minimum Gasteiger partial charge on any atom is -0.339 e. The molecule has 4 nitrogen and oxygen atoms in total. The highest BCUT2D eigenvalue weighted by molar-refractivity contribution is 7.99. The van der Waals surface area contributed by atoms with E-state index in [1.54, 1.807) is 40.9 Å². The molecule has 0 fully saturated rings. The number of rotatable bonds is 8. The number of thioether (sulfide) groups is 1. The highest BCUT2D eigenvalue weighted by Crippen LogP contribution is 2.23. The maximum Gasteiger partial charge on any atom is 0.253 e. The summed E-state index contributed by atoms with van der Waals surface area (Å²) in [6, 6.07) is 21.7. The topological polar surface area (TPSA) is 49.4 Å². The summed E-state index contributed by atoms with van der Waals surface area (Å²) in [6.07, 6.45) is 0. The SMILES string of the molecule is CCN(CC)C(=O)c1ccc(NC(=O)CSCc2cccc3ccccc23)cc1. The maximum atomic E-state index is 12.3. The van der Waals surface area contributed by atoms with Crippen LogP contribution < -0.4 is 5.32 Å². The second-order valence-corrected chi connectivity index (χ2v) is 7.72. The number of hydrogen-bond donors (Lipinski definition) is 1. The van der Waals surface area contributed by atoms with Crippen LogP contribution in [0.25, 0.3) is 10.8 Å². The standard InChI is InChI=1S/C24H26N2O2S/c1-3-26(4-2)24(28)19-12-14-21(15-13-19)25-23(27)17-29-16-20-10-7-9-18-8-5-6-11-22(18)20/h5-15H,3-4,16-17H2,1-2H3,(H,25,27). The van der Waals surface area contributed by atoms with Crippen molar-refractivity contribution in [3.05, 3.63) is 77.9 Å². The highest BCUT2D eigenvalue weighted by Gasteiger charge is 2.12. The van der Waals surface area contributed by atoms with E-state index < -0.39 is 0 Å². The molecule has 3 aromatic carbocycles. The number of benzene rings is 3. The van der Waals surface area contributed by atoms with Crippen molar-refractivity contribution in [2.45, 2.75) is 19.6 Å². The molecule has 0 aliphatic heterocycles. The summed E-state index contributed by atoms with van der Waals surface area (Å²) in [6.45, 7) is 5.29. The third-order valence-electron chi connectivity index (χ3n) is 4.84. The summed E-state index contributed by atoms with van der Waals surface area (Å²) in [5.41, 5.74) is 2.58. The van der Waals surface area contributed by atoms with E-state index >= 15 is 0 Å². The number of nitrogens with one attached hydrogen (secondary N) is 1. The molecule has 0 saturated carbocycles. The Morgan fingerprint density at radius 1 is 0.897 bits per heavy atom. The first-order chi connectivity index (χ1) is 14.1. The van der Waals surface area contributed by atoms with Gasteiger partial charge < -0.3 is 10.2 Å². The molecule has 0 aromatic heterocycles. The first kappa shape index (κ1) is 20.9. The number of anilines is 1. The van der Waals surface area contributed by atoms with Gasteiger partial charge in [0.25, 0.3) is 5.91 Å². The number of nitrogens with zero attached hydrogens (tertiary/aromatic N) is 1. The number of carbonyl (C=O) groups is 2. The van der Waals surface area contributed by atoms with Gasteiger partial charge in [-0.1, -0.05) is 42.5 Å². The normalized spacial score (nSPS) is 10.7. The molecule has 3 aromatic rings. The van der Waals surface area contributed by atoms with Crippen LogP contribution in [0.3, 0.4) is 0 Å². The average molecular weight is 407 g/mol. The fraction of sp³-hybridized carbons (Fsp3) is 0.250. The van der Waals surface area contributed by atoms with Gasteiger partial charge in [0.1, 0.15) is 0 Å². The van der Waals surface area contributed by atoms with Crippen molar-refractivity contribution in [3.63, 3.8) is 0 Å². The van der Waals surface area contributed by atoms with Gasteiger partial charge in [-0.3, -0.25) is 9.59 Å². The van der Waals surface area contributed by atoms with Crippen LogP contribution in [0, 0.1) is 0 Å². The van der Waals surface area contributed by atoms with Crippen LogP contribution in [-0.4, -0.2) is 35.6 Å². The number of hydrogen-bond acceptors (Lipinski definition) is 3. The summed E-state index contributed by atoms with van der Waals surface area (Å²) < 4.78 is 0. The lowest BCUT2D eigenvalue weighted by molar-refractivity contribution is -0.113. The van der Waals surface area contributed by atoms with Gasteiger partial charge in [0.05, 0.1) is 5.75 Å². The Morgan fingerprint density at radius 2 is 1.59 bits per heavy atom. The first-order valence-corrected chi connectivity index (χ1v) is 11.0. The van der Waals surface area contributed by atoms with Crippen molar-refractivity contribution in [1.29, 1.82) is 0 Å². The molecule has 2 amide bonds. The Balaban J connectivity index is 1.52. The minimum atomic E-state index is -0.0435. The molecular weight excluding hydrogens is 380 g/mol. The molecule has 0 spiro atoms. The summed E-state index contributed by atoms with van der Waals surface area (Å²) in [7, 11) is 0. The highest BCUT2D eigenvalue weighted by atomic mass is 32.2. The zero-order valence-corrected chi connectivity index (χ0v) is 17.7. The Hall–Kier alpha value is -2.79. The monoisotopic (exact) mass is 406 g/mol. The van der Waals surface area contributed by atoms with E-state index in [2.05, 4.69) is 35.6 Å². The largest absolute Gasteiger partial charge is 0.339 e. The molecule has 0 aliphatic carbocycles. The molecule has 0 unspecified atom stereocenters. The molecule has 5 heteroatoms. The van der Waals surface area contributed by atoms with Crippen molar-refractivity contribution in [2.24, 2.45) is 0 Å². The van der Waals surface area contributed by atoms with Gasteiger partial charge in [-0.25, -0.2) is 0 Å². The molecule has 0 radical (unpaired) electrons. The van der Waals surface area contributed by atoms with Gasteiger partial charge in [0, 0.05) is 30.1 Å². The van der Waals surface area contributed by atoms with Crippen molar-refractivity contribution in [3.8, 4) is 0 Å². The Labute approximate surface area is 176 Å². The second kappa shape index (κ2) is 10.1. The van der Waals surface area contributed by atoms with Crippen LogP contribution in [-0.2, 0) is 10.5 Å². The second-order valence-electron chi connectivity index (χ2n) is 6.73. The Kier molecular flexibility index (Phi) is 7.30. The third-order valence-corrected chi connectivity index (χ3v) is 5.82. The number of carbonyl (C=O) groups excluding carboxylic acids is 2. The minimum absolute atomic E-state index is 0.0125. The van der Waals surface area contributed by atoms with Crippen molar-refractivity contribution in [2.75, 3.05) is 24.2 Å². The van der Waals surface area contributed by atoms with E-state index in [4.69, 9.17) is 0 Å². The molecule has 3 rings (SSSR count). The maximum absolute atomic E-state index is 12.3. The summed E-state index contributed by atoms with van der Waals surface area (Å²) >= 11 is 1.59. The lowest BCUT2D eigenvalue weighted by atomic mass is 10.1. The summed E-state index contributed by atoms with van der Waals surface area (Å²) in [4.78, 5) is 26.4. The van der Waals surface area contributed by atoms with Gasteiger partial charge in [0.15, 0.2) is 0 Å². The molecule has 0 heterocycles. The fourth-order valence-electron chi connectivity index (χ4n) is 3.26. The van der Waals surface area contributed by atoms with Crippen molar-refractivity contribution < 1.29 is 9.59 Å². The van der Waals surface area contributed by atoms with Crippen molar-refractivity contribution in [1.82, 2.24) is 4.90 Å². The zero-order chi connectivity index (χ0) is 20.6. The average Bonchev–Trinajstić information content (AvgIpc) is 2.75. The smallest absolute Gasteiger partial charge is 0.253 e. The van der Waals surface area contributed by atoms with Crippen LogP contribution in [0.4, 0.5) is 5.69 Å². The van der Waals surface area contributed by atoms with Crippen molar-refractivity contribution >= 4 is 40.0 Å². The number of fused-ring (bicyclic) bond motifs is 1. The van der Waals surface area contributed by atoms with Crippen LogP contribution in [0.2, 0.25) is 0 Å². The van der Waals surface area contributed by atoms with Gasteiger partial charge in [-0.2, -0.15) is 0 Å². The van der Waals surface area contributed by atoms with E-state index in [1.807, 2.05) is 26.0 Å². The quantitative estimate of drug-likeness (QED) is 0.560. The third kappa shape index (κ3) is 5.39.